The molecule has 3 heteroatoms. The minimum absolute atomic E-state index is 0.606. The molecular weight excluding hydrogens is 162 g/mol. The summed E-state index contributed by atoms with van der Waals surface area (Å²) < 4.78 is 0. The van der Waals surface area contributed by atoms with Gasteiger partial charge in [-0.15, -0.1) is 0 Å². The zero-order valence-electron chi connectivity index (χ0n) is 7.48. The summed E-state index contributed by atoms with van der Waals surface area (Å²) in [5, 5.41) is 0. The van der Waals surface area contributed by atoms with Crippen molar-refractivity contribution in [2.75, 3.05) is 18.0 Å². The van der Waals surface area contributed by atoms with Crippen molar-refractivity contribution in [2.24, 2.45) is 10.7 Å². The summed E-state index contributed by atoms with van der Waals surface area (Å²) in [7, 11) is 0. The largest absolute Gasteiger partial charge is 0.331 e. The van der Waals surface area contributed by atoms with E-state index in [1.54, 1.807) is 0 Å². The normalized spacial score (nSPS) is 15.3. The lowest BCUT2D eigenvalue weighted by molar-refractivity contribution is 1.02. The van der Waals surface area contributed by atoms with Gasteiger partial charge in [-0.05, 0) is 17.7 Å². The molecule has 0 saturated carbocycles. The van der Waals surface area contributed by atoms with Crippen LogP contribution in [0.15, 0.2) is 29.3 Å². The Bertz CT molecular complexity index is 302. The van der Waals surface area contributed by atoms with Gasteiger partial charge >= 0.3 is 0 Å². The van der Waals surface area contributed by atoms with E-state index in [1.807, 2.05) is 6.34 Å². The summed E-state index contributed by atoms with van der Waals surface area (Å²) in [4.78, 5) is 6.30. The highest BCUT2D eigenvalue weighted by atomic mass is 15.2. The molecule has 0 atom stereocenters. The van der Waals surface area contributed by atoms with E-state index in [0.29, 0.717) is 6.54 Å². The average Bonchev–Trinajstić information content (AvgIpc) is 2.71. The van der Waals surface area contributed by atoms with Gasteiger partial charge in [0.25, 0.3) is 0 Å². The fourth-order valence-corrected chi connectivity index (χ4v) is 1.40. The molecule has 0 amide bonds. The third-order valence-electron chi connectivity index (χ3n) is 2.19. The standard InChI is InChI=1S/C10H13N3/c11-7-9-1-3-10(4-2-9)13-6-5-12-8-13/h1-4,8H,5-7,11H2. The first-order valence-corrected chi connectivity index (χ1v) is 4.46. The Hall–Kier alpha value is -1.35. The number of nitrogens with two attached hydrogens (primary N) is 1. The molecule has 0 bridgehead atoms. The predicted octanol–water partition coefficient (Wildman–Crippen LogP) is 0.994. The maximum Gasteiger partial charge on any atom is 0.0895 e. The van der Waals surface area contributed by atoms with E-state index in [1.165, 1.54) is 11.3 Å². The van der Waals surface area contributed by atoms with Crippen LogP contribution in [0.3, 0.4) is 0 Å². The SMILES string of the molecule is NCc1ccc(N2C=NCC2)cc1. The van der Waals surface area contributed by atoms with Crippen molar-refractivity contribution in [3.63, 3.8) is 0 Å². The van der Waals surface area contributed by atoms with Gasteiger partial charge in [-0.25, -0.2) is 0 Å². The second-order valence-corrected chi connectivity index (χ2v) is 3.09. The highest BCUT2D eigenvalue weighted by Crippen LogP contribution is 2.15. The van der Waals surface area contributed by atoms with Gasteiger partial charge in [-0.2, -0.15) is 0 Å². The van der Waals surface area contributed by atoms with E-state index in [2.05, 4.69) is 34.2 Å². The predicted molar refractivity (Wildman–Crippen MR) is 55.0 cm³/mol. The lowest BCUT2D eigenvalue weighted by Gasteiger charge is -2.13. The van der Waals surface area contributed by atoms with Gasteiger partial charge in [0.1, 0.15) is 0 Å². The number of benzene rings is 1. The van der Waals surface area contributed by atoms with Crippen LogP contribution in [-0.4, -0.2) is 19.4 Å². The Balaban J connectivity index is 2.17. The zero-order valence-corrected chi connectivity index (χ0v) is 7.48. The van der Waals surface area contributed by atoms with Crippen LogP contribution in [0.4, 0.5) is 5.69 Å². The third-order valence-corrected chi connectivity index (χ3v) is 2.19. The van der Waals surface area contributed by atoms with E-state index in [9.17, 15) is 0 Å². The van der Waals surface area contributed by atoms with Crippen molar-refractivity contribution in [2.45, 2.75) is 6.54 Å². The number of anilines is 1. The maximum atomic E-state index is 5.51. The van der Waals surface area contributed by atoms with Crippen LogP contribution in [0.2, 0.25) is 0 Å². The summed E-state index contributed by atoms with van der Waals surface area (Å²) >= 11 is 0. The smallest absolute Gasteiger partial charge is 0.0895 e. The van der Waals surface area contributed by atoms with Crippen LogP contribution >= 0.6 is 0 Å². The fourth-order valence-electron chi connectivity index (χ4n) is 1.40. The lowest BCUT2D eigenvalue weighted by atomic mass is 10.2. The molecular formula is C10H13N3. The second-order valence-electron chi connectivity index (χ2n) is 3.09. The minimum atomic E-state index is 0.606. The quantitative estimate of drug-likeness (QED) is 0.728. The first-order valence-electron chi connectivity index (χ1n) is 4.46. The Morgan fingerprint density at radius 1 is 1.31 bits per heavy atom. The van der Waals surface area contributed by atoms with Crippen LogP contribution in [0, 0.1) is 0 Å². The molecule has 0 saturated heterocycles. The maximum absolute atomic E-state index is 5.51. The van der Waals surface area contributed by atoms with Gasteiger partial charge in [-0.3, -0.25) is 4.99 Å². The van der Waals surface area contributed by atoms with Gasteiger partial charge in [-0.1, -0.05) is 12.1 Å². The molecule has 1 aliphatic heterocycles. The highest BCUT2D eigenvalue weighted by molar-refractivity contribution is 5.80. The summed E-state index contributed by atoms with van der Waals surface area (Å²) in [5.74, 6) is 0. The van der Waals surface area contributed by atoms with Crippen LogP contribution in [0.25, 0.3) is 0 Å². The van der Waals surface area contributed by atoms with Crippen LogP contribution < -0.4 is 10.6 Å². The fraction of sp³-hybridized carbons (Fsp3) is 0.300. The number of hydrogen-bond acceptors (Lipinski definition) is 3. The van der Waals surface area contributed by atoms with Crippen molar-refractivity contribution in [1.82, 2.24) is 0 Å². The molecule has 1 aromatic rings. The summed E-state index contributed by atoms with van der Waals surface area (Å²) in [6, 6.07) is 8.28. The molecule has 0 radical (unpaired) electrons. The topological polar surface area (TPSA) is 41.6 Å². The number of aliphatic imine (C=N–C) groups is 1. The lowest BCUT2D eigenvalue weighted by Crippen LogP contribution is -2.17. The molecule has 1 aliphatic rings. The molecule has 0 aromatic heterocycles. The second kappa shape index (κ2) is 3.58. The van der Waals surface area contributed by atoms with Crippen molar-refractivity contribution in [3.8, 4) is 0 Å². The summed E-state index contributed by atoms with van der Waals surface area (Å²) in [5.41, 5.74) is 7.87. The summed E-state index contributed by atoms with van der Waals surface area (Å²) in [6.45, 7) is 2.50. The molecule has 0 spiro atoms. The number of nitrogens with zero attached hydrogens (tertiary/aromatic N) is 2. The van der Waals surface area contributed by atoms with Crippen LogP contribution in [0.5, 0.6) is 0 Å². The van der Waals surface area contributed by atoms with E-state index in [4.69, 9.17) is 5.73 Å². The van der Waals surface area contributed by atoms with E-state index in [-0.39, 0.29) is 0 Å². The van der Waals surface area contributed by atoms with Crippen molar-refractivity contribution in [3.05, 3.63) is 29.8 Å². The Morgan fingerprint density at radius 3 is 2.62 bits per heavy atom. The summed E-state index contributed by atoms with van der Waals surface area (Å²) in [6.07, 6.45) is 1.89. The molecule has 2 N–H and O–H groups in total. The van der Waals surface area contributed by atoms with Crippen molar-refractivity contribution < 1.29 is 0 Å². The molecule has 1 heterocycles. The number of hydrogen-bond donors (Lipinski definition) is 1. The van der Waals surface area contributed by atoms with Crippen LogP contribution in [-0.2, 0) is 6.54 Å². The molecule has 0 fully saturated rings. The molecule has 1 aromatic carbocycles. The van der Waals surface area contributed by atoms with Crippen molar-refractivity contribution in [1.29, 1.82) is 0 Å². The van der Waals surface area contributed by atoms with Gasteiger partial charge in [0.05, 0.1) is 12.9 Å². The Labute approximate surface area is 77.9 Å². The first kappa shape index (κ1) is 8.26. The highest BCUT2D eigenvalue weighted by Gasteiger charge is 2.06. The zero-order chi connectivity index (χ0) is 9.10. The van der Waals surface area contributed by atoms with Gasteiger partial charge in [0.2, 0.25) is 0 Å². The molecule has 68 valence electrons. The van der Waals surface area contributed by atoms with Gasteiger partial charge < -0.3 is 10.6 Å². The van der Waals surface area contributed by atoms with Crippen molar-refractivity contribution >= 4 is 12.0 Å². The first-order chi connectivity index (χ1) is 6.40. The molecule has 0 unspecified atom stereocenters. The molecule has 3 nitrogen and oxygen atoms in total. The van der Waals surface area contributed by atoms with Gasteiger partial charge in [0, 0.05) is 18.8 Å². The minimum Gasteiger partial charge on any atom is -0.331 e. The van der Waals surface area contributed by atoms with E-state index < -0.39 is 0 Å². The molecule has 0 aliphatic carbocycles. The Kier molecular flexibility index (Phi) is 2.27. The van der Waals surface area contributed by atoms with Crippen LogP contribution in [0.1, 0.15) is 5.56 Å². The average molecular weight is 175 g/mol. The van der Waals surface area contributed by atoms with Gasteiger partial charge in [0.15, 0.2) is 0 Å². The third kappa shape index (κ3) is 1.70. The Morgan fingerprint density at radius 2 is 2.08 bits per heavy atom. The number of rotatable bonds is 2. The van der Waals surface area contributed by atoms with E-state index >= 15 is 0 Å². The van der Waals surface area contributed by atoms with E-state index in [0.717, 1.165) is 13.1 Å². The molecule has 13 heavy (non-hydrogen) atoms. The molecule has 2 rings (SSSR count). The monoisotopic (exact) mass is 175 g/mol.